The number of benzene rings is 2. The summed E-state index contributed by atoms with van der Waals surface area (Å²) < 4.78 is 21.5. The Kier molecular flexibility index (Phi) is 7.80. The van der Waals surface area contributed by atoms with Crippen LogP contribution in [0.15, 0.2) is 36.4 Å². The third-order valence-corrected chi connectivity index (χ3v) is 9.39. The SMILES string of the molecule is CCC(=O)OC1(C)CC(CC(=O)[C@@H]2N[C@H](CC(C)(C)C)[C@]3(C(=O)Nc4cc(Cl)ccc43)[C@H]2c2cccc(Cl)c2F)C1. The minimum absolute atomic E-state index is 0.0185. The Morgan fingerprint density at radius 3 is 2.51 bits per heavy atom. The van der Waals surface area contributed by atoms with Gasteiger partial charge in [0.25, 0.3) is 0 Å². The van der Waals surface area contributed by atoms with Crippen LogP contribution in [0.5, 0.6) is 0 Å². The van der Waals surface area contributed by atoms with Gasteiger partial charge >= 0.3 is 5.97 Å². The molecule has 5 rings (SSSR count). The number of amides is 1. The molecule has 1 amide bonds. The van der Waals surface area contributed by atoms with Crippen LogP contribution in [0.25, 0.3) is 0 Å². The van der Waals surface area contributed by atoms with E-state index in [0.717, 1.165) is 0 Å². The number of carbonyl (C=O) groups excluding carboxylic acids is 3. The molecular weight excluding hydrogens is 566 g/mol. The summed E-state index contributed by atoms with van der Waals surface area (Å²) in [5.74, 6) is -2.12. The third-order valence-electron chi connectivity index (χ3n) is 8.87. The summed E-state index contributed by atoms with van der Waals surface area (Å²) in [4.78, 5) is 40.2. The first-order valence-electron chi connectivity index (χ1n) is 14.2. The van der Waals surface area contributed by atoms with Crippen molar-refractivity contribution >= 4 is 46.5 Å². The molecule has 2 aromatic carbocycles. The molecule has 2 fully saturated rings. The molecule has 0 bridgehead atoms. The van der Waals surface area contributed by atoms with E-state index in [4.69, 9.17) is 27.9 Å². The maximum absolute atomic E-state index is 15.9. The summed E-state index contributed by atoms with van der Waals surface area (Å²) in [6, 6.07) is 8.67. The second-order valence-corrected chi connectivity index (χ2v) is 14.2. The number of halogens is 3. The standard InChI is InChI=1S/C32H37Cl2FN2O4/c1-6-25(39)41-31(5)14-17(15-31)12-23(38)28-26(19-8-7-9-21(34)27(19)35)32(24(37-28)16-30(2,3)4)20-11-10-18(33)13-22(20)36-29(32)40/h7-11,13,17,24,26,28,37H,6,12,14-16H2,1-5H3,(H,36,40)/t17?,24-,26+,28+,31?,32+/m1/s1. The zero-order valence-electron chi connectivity index (χ0n) is 24.1. The van der Waals surface area contributed by atoms with Gasteiger partial charge in [-0.3, -0.25) is 14.4 Å². The molecule has 9 heteroatoms. The molecule has 1 saturated heterocycles. The number of hydrogen-bond donors (Lipinski definition) is 2. The van der Waals surface area contributed by atoms with Crippen LogP contribution in [0.1, 0.15) is 83.8 Å². The first-order chi connectivity index (χ1) is 19.2. The monoisotopic (exact) mass is 602 g/mol. The van der Waals surface area contributed by atoms with E-state index >= 15 is 4.39 Å². The van der Waals surface area contributed by atoms with Crippen LogP contribution in [-0.2, 0) is 24.5 Å². The van der Waals surface area contributed by atoms with Crippen molar-refractivity contribution in [2.75, 3.05) is 5.32 Å². The smallest absolute Gasteiger partial charge is 0.306 e. The summed E-state index contributed by atoms with van der Waals surface area (Å²) in [5.41, 5.74) is -0.586. The Hall–Kier alpha value is -2.48. The number of ether oxygens (including phenoxy) is 1. The molecule has 0 aromatic heterocycles. The van der Waals surface area contributed by atoms with Gasteiger partial charge in [-0.05, 0) is 66.8 Å². The summed E-state index contributed by atoms with van der Waals surface area (Å²) in [5, 5.41) is 6.94. The summed E-state index contributed by atoms with van der Waals surface area (Å²) in [6.07, 6.45) is 2.23. The van der Waals surface area contributed by atoms with Gasteiger partial charge in [0.1, 0.15) is 16.8 Å². The Balaban J connectivity index is 1.58. The van der Waals surface area contributed by atoms with Crippen LogP contribution in [0, 0.1) is 17.2 Å². The maximum Gasteiger partial charge on any atom is 0.306 e. The lowest BCUT2D eigenvalue weighted by molar-refractivity contribution is -0.172. The number of esters is 1. The van der Waals surface area contributed by atoms with E-state index in [9.17, 15) is 14.4 Å². The van der Waals surface area contributed by atoms with Gasteiger partial charge in [-0.15, -0.1) is 0 Å². The summed E-state index contributed by atoms with van der Waals surface area (Å²) in [6.45, 7) is 9.87. The largest absolute Gasteiger partial charge is 0.459 e. The van der Waals surface area contributed by atoms with E-state index in [1.165, 1.54) is 6.07 Å². The zero-order valence-corrected chi connectivity index (χ0v) is 25.6. The Morgan fingerprint density at radius 1 is 1.15 bits per heavy atom. The van der Waals surface area contributed by atoms with Crippen molar-refractivity contribution in [1.82, 2.24) is 5.32 Å². The van der Waals surface area contributed by atoms with Gasteiger partial charge in [0.2, 0.25) is 5.91 Å². The molecule has 41 heavy (non-hydrogen) atoms. The van der Waals surface area contributed by atoms with Crippen LogP contribution in [0.4, 0.5) is 10.1 Å². The molecule has 6 nitrogen and oxygen atoms in total. The van der Waals surface area contributed by atoms with Gasteiger partial charge in [0.15, 0.2) is 5.78 Å². The lowest BCUT2D eigenvalue weighted by atomic mass is 9.61. The molecule has 4 atom stereocenters. The number of nitrogens with one attached hydrogen (secondary N) is 2. The van der Waals surface area contributed by atoms with E-state index in [1.807, 2.05) is 13.0 Å². The Bertz CT molecular complexity index is 1400. The number of anilines is 1. The predicted molar refractivity (Wildman–Crippen MR) is 158 cm³/mol. The average molecular weight is 604 g/mol. The second-order valence-electron chi connectivity index (χ2n) is 13.3. The summed E-state index contributed by atoms with van der Waals surface area (Å²) in [7, 11) is 0. The molecule has 3 aliphatic rings. The number of carbonyl (C=O) groups is 3. The molecule has 2 aromatic rings. The molecule has 220 valence electrons. The molecular formula is C32H37Cl2FN2O4. The topological polar surface area (TPSA) is 84.5 Å². The van der Waals surface area contributed by atoms with Crippen molar-refractivity contribution in [3.8, 4) is 0 Å². The molecule has 2 heterocycles. The van der Waals surface area contributed by atoms with Gasteiger partial charge in [-0.1, -0.05) is 69.1 Å². The van der Waals surface area contributed by atoms with Gasteiger partial charge in [-0.2, -0.15) is 0 Å². The number of fused-ring (bicyclic) bond motifs is 2. The second kappa shape index (κ2) is 10.7. The van der Waals surface area contributed by atoms with Gasteiger partial charge in [0.05, 0.1) is 11.1 Å². The highest BCUT2D eigenvalue weighted by atomic mass is 35.5. The minimum atomic E-state index is -1.27. The first kappa shape index (κ1) is 30.0. The van der Waals surface area contributed by atoms with E-state index in [2.05, 4.69) is 31.4 Å². The van der Waals surface area contributed by atoms with Crippen LogP contribution in [0.3, 0.4) is 0 Å². The van der Waals surface area contributed by atoms with Crippen LogP contribution < -0.4 is 10.6 Å². The fourth-order valence-electron chi connectivity index (χ4n) is 7.35. The van der Waals surface area contributed by atoms with Crippen molar-refractivity contribution in [3.63, 3.8) is 0 Å². The van der Waals surface area contributed by atoms with Crippen molar-refractivity contribution in [1.29, 1.82) is 0 Å². The molecule has 2 aliphatic heterocycles. The lowest BCUT2D eigenvalue weighted by Crippen LogP contribution is -2.49. The fraction of sp³-hybridized carbons (Fsp3) is 0.531. The van der Waals surface area contributed by atoms with Crippen molar-refractivity contribution in [3.05, 3.63) is 63.4 Å². The Morgan fingerprint density at radius 2 is 1.85 bits per heavy atom. The third kappa shape index (κ3) is 5.30. The number of Topliss-reactive ketones (excluding diaryl/α,β-unsaturated/α-hetero) is 1. The highest BCUT2D eigenvalue weighted by molar-refractivity contribution is 6.31. The van der Waals surface area contributed by atoms with E-state index in [0.29, 0.717) is 42.0 Å². The van der Waals surface area contributed by atoms with Crippen molar-refractivity contribution < 1.29 is 23.5 Å². The number of rotatable bonds is 7. The van der Waals surface area contributed by atoms with Crippen molar-refractivity contribution in [2.45, 2.75) is 95.7 Å². The predicted octanol–water partition coefficient (Wildman–Crippen LogP) is 6.96. The van der Waals surface area contributed by atoms with Crippen molar-refractivity contribution in [2.24, 2.45) is 11.3 Å². The normalized spacial score (nSPS) is 30.6. The number of ketones is 1. The van der Waals surface area contributed by atoms with Crippen LogP contribution in [0.2, 0.25) is 10.0 Å². The molecule has 0 radical (unpaired) electrons. The number of hydrogen-bond acceptors (Lipinski definition) is 5. The van der Waals surface area contributed by atoms with Gasteiger partial charge in [0, 0.05) is 35.5 Å². The zero-order chi connectivity index (χ0) is 29.9. The molecule has 0 unspecified atom stereocenters. The fourth-order valence-corrected chi connectivity index (χ4v) is 7.71. The molecule has 1 spiro atoms. The Labute approximate surface area is 250 Å². The molecule has 2 N–H and O–H groups in total. The quantitative estimate of drug-likeness (QED) is 0.334. The molecule has 1 aliphatic carbocycles. The molecule has 1 saturated carbocycles. The van der Waals surface area contributed by atoms with E-state index in [-0.39, 0.29) is 46.0 Å². The van der Waals surface area contributed by atoms with Crippen LogP contribution >= 0.6 is 23.2 Å². The maximum atomic E-state index is 15.9. The average Bonchev–Trinajstić information content (AvgIpc) is 3.33. The van der Waals surface area contributed by atoms with E-state index < -0.39 is 34.8 Å². The van der Waals surface area contributed by atoms with Gasteiger partial charge in [-0.25, -0.2) is 4.39 Å². The highest BCUT2D eigenvalue weighted by Crippen LogP contribution is 2.57. The lowest BCUT2D eigenvalue weighted by Gasteiger charge is -2.44. The van der Waals surface area contributed by atoms with E-state index in [1.54, 1.807) is 31.2 Å². The summed E-state index contributed by atoms with van der Waals surface area (Å²) >= 11 is 12.6. The highest BCUT2D eigenvalue weighted by Gasteiger charge is 2.66. The first-order valence-corrected chi connectivity index (χ1v) is 15.0. The van der Waals surface area contributed by atoms with Gasteiger partial charge < -0.3 is 15.4 Å². The minimum Gasteiger partial charge on any atom is -0.459 e. The van der Waals surface area contributed by atoms with Crippen LogP contribution in [-0.4, -0.2) is 35.3 Å².